The first-order valence-corrected chi connectivity index (χ1v) is 7.27. The number of nitrogens with zero attached hydrogens (tertiary/aromatic N) is 1. The van der Waals surface area contributed by atoms with Gasteiger partial charge < -0.3 is 5.11 Å². The molecule has 1 saturated heterocycles. The highest BCUT2D eigenvalue weighted by molar-refractivity contribution is 5.66. The zero-order valence-corrected chi connectivity index (χ0v) is 11.9. The molecule has 1 unspecified atom stereocenters. The Morgan fingerprint density at radius 1 is 1.45 bits per heavy atom. The van der Waals surface area contributed by atoms with Crippen LogP contribution in [0.1, 0.15) is 43.2 Å². The second kappa shape index (κ2) is 6.84. The maximum absolute atomic E-state index is 13.8. The van der Waals surface area contributed by atoms with Crippen molar-refractivity contribution in [3.8, 4) is 0 Å². The summed E-state index contributed by atoms with van der Waals surface area (Å²) >= 11 is 0. The first kappa shape index (κ1) is 15.0. The first-order valence-electron chi connectivity index (χ1n) is 7.27. The number of carboxylic acid groups (broad SMARTS) is 1. The van der Waals surface area contributed by atoms with Crippen LogP contribution >= 0.6 is 0 Å². The molecule has 110 valence electrons. The van der Waals surface area contributed by atoms with E-state index >= 15 is 0 Å². The van der Waals surface area contributed by atoms with E-state index in [1.54, 1.807) is 6.07 Å². The molecule has 0 aromatic heterocycles. The summed E-state index contributed by atoms with van der Waals surface area (Å²) in [7, 11) is 0. The maximum Gasteiger partial charge on any atom is 0.303 e. The molecule has 20 heavy (non-hydrogen) atoms. The summed E-state index contributed by atoms with van der Waals surface area (Å²) < 4.78 is 13.8. The minimum absolute atomic E-state index is 0.168. The molecule has 0 spiro atoms. The number of benzene rings is 1. The van der Waals surface area contributed by atoms with Crippen LogP contribution in [0.15, 0.2) is 18.2 Å². The van der Waals surface area contributed by atoms with Crippen LogP contribution < -0.4 is 0 Å². The van der Waals surface area contributed by atoms with Crippen molar-refractivity contribution in [2.45, 2.75) is 51.6 Å². The highest BCUT2D eigenvalue weighted by atomic mass is 19.1. The Kier molecular flexibility index (Phi) is 5.12. The van der Waals surface area contributed by atoms with E-state index in [0.717, 1.165) is 31.4 Å². The predicted octanol–water partition coefficient (Wildman–Crippen LogP) is 3.35. The zero-order chi connectivity index (χ0) is 14.5. The molecule has 3 nitrogen and oxygen atoms in total. The minimum atomic E-state index is -0.753. The van der Waals surface area contributed by atoms with Gasteiger partial charge in [0.2, 0.25) is 0 Å². The van der Waals surface area contributed by atoms with Crippen molar-refractivity contribution in [1.82, 2.24) is 4.90 Å². The average Bonchev–Trinajstić information content (AvgIpc) is 2.42. The van der Waals surface area contributed by atoms with Gasteiger partial charge in [-0.1, -0.05) is 24.1 Å². The Hall–Kier alpha value is -1.42. The Labute approximate surface area is 119 Å². The summed E-state index contributed by atoms with van der Waals surface area (Å²) in [5, 5.41) is 8.82. The minimum Gasteiger partial charge on any atom is -0.481 e. The van der Waals surface area contributed by atoms with Gasteiger partial charge >= 0.3 is 5.97 Å². The molecule has 1 N–H and O–H groups in total. The molecule has 1 aromatic carbocycles. The van der Waals surface area contributed by atoms with Gasteiger partial charge in [-0.05, 0) is 38.8 Å². The number of carbonyl (C=O) groups is 1. The summed E-state index contributed by atoms with van der Waals surface area (Å²) in [4.78, 5) is 13.0. The van der Waals surface area contributed by atoms with E-state index < -0.39 is 5.97 Å². The fraction of sp³-hybridized carbons (Fsp3) is 0.562. The highest BCUT2D eigenvalue weighted by Gasteiger charge is 2.23. The molecular formula is C16H22FNO2. The lowest BCUT2D eigenvalue weighted by molar-refractivity contribution is -0.137. The number of likely N-dealkylation sites (tertiary alicyclic amines) is 1. The van der Waals surface area contributed by atoms with Gasteiger partial charge in [-0.2, -0.15) is 0 Å². The van der Waals surface area contributed by atoms with Crippen molar-refractivity contribution in [3.05, 3.63) is 35.1 Å². The molecule has 4 heteroatoms. The second-order valence-corrected chi connectivity index (χ2v) is 5.65. The van der Waals surface area contributed by atoms with Gasteiger partial charge in [0.1, 0.15) is 5.82 Å². The average molecular weight is 279 g/mol. The van der Waals surface area contributed by atoms with E-state index in [9.17, 15) is 9.18 Å². The number of aryl methyl sites for hydroxylation is 1. The van der Waals surface area contributed by atoms with Gasteiger partial charge in [0.15, 0.2) is 0 Å². The Balaban J connectivity index is 2.04. The SMILES string of the molecule is Cc1ccc(F)c(CN2CCCCC2CCC(=O)O)c1. The van der Waals surface area contributed by atoms with Crippen molar-refractivity contribution in [2.75, 3.05) is 6.54 Å². The monoisotopic (exact) mass is 279 g/mol. The molecule has 1 atom stereocenters. The Morgan fingerprint density at radius 3 is 3.00 bits per heavy atom. The molecule has 1 aliphatic rings. The van der Waals surface area contributed by atoms with Gasteiger partial charge in [-0.25, -0.2) is 4.39 Å². The number of piperidine rings is 1. The standard InChI is InChI=1S/C16H22FNO2/c1-12-5-7-15(17)13(10-12)11-18-9-3-2-4-14(18)6-8-16(19)20/h5,7,10,14H,2-4,6,8-9,11H2,1H3,(H,19,20). The van der Waals surface area contributed by atoms with Crippen molar-refractivity contribution in [3.63, 3.8) is 0 Å². The van der Waals surface area contributed by atoms with Gasteiger partial charge in [0, 0.05) is 24.6 Å². The predicted molar refractivity (Wildman–Crippen MR) is 76.1 cm³/mol. The lowest BCUT2D eigenvalue weighted by Crippen LogP contribution is -2.39. The molecule has 0 aliphatic carbocycles. The summed E-state index contributed by atoms with van der Waals surface area (Å²) in [5.41, 5.74) is 1.77. The molecule has 1 fully saturated rings. The molecule has 0 radical (unpaired) electrons. The van der Waals surface area contributed by atoms with Crippen molar-refractivity contribution in [2.24, 2.45) is 0 Å². The third-order valence-corrected chi connectivity index (χ3v) is 4.02. The number of carboxylic acids is 1. The van der Waals surface area contributed by atoms with Gasteiger partial charge in [0.05, 0.1) is 0 Å². The van der Waals surface area contributed by atoms with Crippen LogP contribution in [0.5, 0.6) is 0 Å². The molecule has 2 rings (SSSR count). The number of hydrogen-bond acceptors (Lipinski definition) is 2. The lowest BCUT2D eigenvalue weighted by atomic mass is 9.97. The third kappa shape index (κ3) is 4.04. The van der Waals surface area contributed by atoms with Gasteiger partial charge in [0.25, 0.3) is 0 Å². The fourth-order valence-electron chi connectivity index (χ4n) is 2.93. The number of aliphatic carboxylic acids is 1. The van der Waals surface area contributed by atoms with Gasteiger partial charge in [-0.15, -0.1) is 0 Å². The summed E-state index contributed by atoms with van der Waals surface area (Å²) in [5.74, 6) is -0.921. The van der Waals surface area contributed by atoms with Crippen molar-refractivity contribution < 1.29 is 14.3 Å². The Morgan fingerprint density at radius 2 is 2.25 bits per heavy atom. The van der Waals surface area contributed by atoms with Crippen LogP contribution in [0.4, 0.5) is 4.39 Å². The topological polar surface area (TPSA) is 40.5 Å². The molecule has 0 amide bonds. The molecule has 1 aromatic rings. The van der Waals surface area contributed by atoms with E-state index in [1.165, 1.54) is 6.07 Å². The maximum atomic E-state index is 13.8. The fourth-order valence-corrected chi connectivity index (χ4v) is 2.93. The molecule has 1 heterocycles. The van der Waals surface area contributed by atoms with Crippen LogP contribution in [-0.2, 0) is 11.3 Å². The number of hydrogen-bond donors (Lipinski definition) is 1. The lowest BCUT2D eigenvalue weighted by Gasteiger charge is -2.35. The summed E-state index contributed by atoms with van der Waals surface area (Å²) in [6.07, 6.45) is 4.11. The summed E-state index contributed by atoms with van der Waals surface area (Å²) in [6.45, 7) is 3.47. The van der Waals surface area contributed by atoms with Crippen LogP contribution in [0.3, 0.4) is 0 Å². The normalized spacial score (nSPS) is 20.0. The molecule has 1 aliphatic heterocycles. The number of halogens is 1. The van der Waals surface area contributed by atoms with Crippen LogP contribution in [0.2, 0.25) is 0 Å². The van der Waals surface area contributed by atoms with Crippen LogP contribution in [0.25, 0.3) is 0 Å². The smallest absolute Gasteiger partial charge is 0.303 e. The van der Waals surface area contributed by atoms with Gasteiger partial charge in [-0.3, -0.25) is 9.69 Å². The largest absolute Gasteiger partial charge is 0.481 e. The van der Waals surface area contributed by atoms with E-state index in [-0.39, 0.29) is 18.3 Å². The third-order valence-electron chi connectivity index (χ3n) is 4.02. The highest BCUT2D eigenvalue weighted by Crippen LogP contribution is 2.24. The van der Waals surface area contributed by atoms with Crippen LogP contribution in [-0.4, -0.2) is 28.6 Å². The number of rotatable bonds is 5. The second-order valence-electron chi connectivity index (χ2n) is 5.65. The van der Waals surface area contributed by atoms with Crippen molar-refractivity contribution in [1.29, 1.82) is 0 Å². The van der Waals surface area contributed by atoms with E-state index in [2.05, 4.69) is 4.90 Å². The van der Waals surface area contributed by atoms with E-state index in [0.29, 0.717) is 18.5 Å². The summed E-state index contributed by atoms with van der Waals surface area (Å²) in [6, 6.07) is 5.44. The van der Waals surface area contributed by atoms with E-state index in [4.69, 9.17) is 5.11 Å². The Bertz CT molecular complexity index is 476. The van der Waals surface area contributed by atoms with Crippen LogP contribution in [0, 0.1) is 12.7 Å². The van der Waals surface area contributed by atoms with Crippen molar-refractivity contribution >= 4 is 5.97 Å². The molecular weight excluding hydrogens is 257 g/mol. The molecule has 0 bridgehead atoms. The quantitative estimate of drug-likeness (QED) is 0.898. The first-order chi connectivity index (χ1) is 9.56. The van der Waals surface area contributed by atoms with E-state index in [1.807, 2.05) is 13.0 Å². The molecule has 0 saturated carbocycles. The zero-order valence-electron chi connectivity index (χ0n) is 11.9.